The van der Waals surface area contributed by atoms with E-state index >= 15 is 0 Å². The molecule has 0 N–H and O–H groups in total. The summed E-state index contributed by atoms with van der Waals surface area (Å²) in [7, 11) is 0. The van der Waals surface area contributed by atoms with Gasteiger partial charge in [0.1, 0.15) is 0 Å². The number of alkyl halides is 2. The first-order valence-corrected chi connectivity index (χ1v) is 11.6. The van der Waals surface area contributed by atoms with Crippen LogP contribution >= 0.6 is 43.5 Å². The third kappa shape index (κ3) is 1.97. The lowest BCUT2D eigenvalue weighted by Gasteiger charge is -2.55. The van der Waals surface area contributed by atoms with Crippen molar-refractivity contribution in [2.24, 2.45) is 11.8 Å². The molecule has 148 valence electrons. The van der Waals surface area contributed by atoms with Crippen molar-refractivity contribution in [2.75, 3.05) is 4.90 Å². The van der Waals surface area contributed by atoms with E-state index in [-0.39, 0.29) is 11.8 Å². The number of anilines is 1. The van der Waals surface area contributed by atoms with Crippen LogP contribution in [-0.2, 0) is 18.2 Å². The summed E-state index contributed by atoms with van der Waals surface area (Å²) in [6, 6.07) is 23.1. The molecule has 2 atom stereocenters. The maximum atomic E-state index is 13.9. The molecule has 2 bridgehead atoms. The molecule has 30 heavy (non-hydrogen) atoms. The Bertz CT molecular complexity index is 1150. The molecule has 0 radical (unpaired) electrons. The number of carbonyl (C=O) groups excluding carboxylic acids is 2. The molecule has 1 saturated heterocycles. The van der Waals surface area contributed by atoms with Gasteiger partial charge in [0.05, 0.1) is 31.2 Å². The lowest BCUT2D eigenvalue weighted by Crippen LogP contribution is -2.56. The minimum atomic E-state index is -0.789. The molecular weight excluding hydrogens is 530 g/mol. The number of hydrogen-bond donors (Lipinski definition) is 0. The van der Waals surface area contributed by atoms with Gasteiger partial charge in [-0.05, 0) is 34.4 Å². The Morgan fingerprint density at radius 2 is 1.03 bits per heavy atom. The Labute approximate surface area is 195 Å². The fraction of sp³-hybridized carbons (Fsp3) is 0.167. The van der Waals surface area contributed by atoms with Crippen molar-refractivity contribution in [3.05, 3.63) is 100 Å². The number of rotatable bonds is 1. The second-order valence-corrected chi connectivity index (χ2v) is 10.8. The molecule has 3 aliphatic carbocycles. The summed E-state index contributed by atoms with van der Waals surface area (Å²) >= 11 is 14.4. The number of nitrogens with zero attached hydrogens (tertiary/aromatic N) is 1. The average molecular weight is 544 g/mol. The number of hydrogen-bond acceptors (Lipinski definition) is 2. The molecule has 1 aliphatic heterocycles. The van der Waals surface area contributed by atoms with Crippen LogP contribution < -0.4 is 4.90 Å². The van der Waals surface area contributed by atoms with Crippen LogP contribution in [0.5, 0.6) is 0 Å². The van der Waals surface area contributed by atoms with E-state index in [4.69, 9.17) is 11.6 Å². The van der Waals surface area contributed by atoms with Crippen LogP contribution in [-0.4, -0.2) is 11.8 Å². The zero-order chi connectivity index (χ0) is 20.8. The molecular formula is C24H14Br2ClNO2. The lowest BCUT2D eigenvalue weighted by molar-refractivity contribution is -0.122. The number of carbonyl (C=O) groups is 2. The number of benzene rings is 3. The highest BCUT2D eigenvalue weighted by atomic mass is 79.9. The normalized spacial score (nSPS) is 30.8. The van der Waals surface area contributed by atoms with Gasteiger partial charge in [0.2, 0.25) is 11.8 Å². The van der Waals surface area contributed by atoms with E-state index in [0.29, 0.717) is 10.7 Å². The average Bonchev–Trinajstić information content (AvgIpc) is 3.04. The summed E-state index contributed by atoms with van der Waals surface area (Å²) in [6.07, 6.45) is 0. The van der Waals surface area contributed by atoms with Crippen LogP contribution in [0.2, 0.25) is 5.02 Å². The molecule has 3 nitrogen and oxygen atoms in total. The van der Waals surface area contributed by atoms with E-state index in [2.05, 4.69) is 31.9 Å². The highest BCUT2D eigenvalue weighted by Crippen LogP contribution is 2.70. The molecule has 6 heteroatoms. The van der Waals surface area contributed by atoms with Crippen LogP contribution in [0.3, 0.4) is 0 Å². The van der Waals surface area contributed by atoms with Gasteiger partial charge in [0.15, 0.2) is 0 Å². The van der Waals surface area contributed by atoms with Crippen molar-refractivity contribution >= 4 is 61.0 Å². The third-order valence-electron chi connectivity index (χ3n) is 6.68. The fourth-order valence-corrected chi connectivity index (χ4v) is 8.06. The Morgan fingerprint density at radius 1 is 0.667 bits per heavy atom. The van der Waals surface area contributed by atoms with Crippen molar-refractivity contribution in [3.8, 4) is 0 Å². The van der Waals surface area contributed by atoms with Crippen LogP contribution in [0.25, 0.3) is 0 Å². The fourth-order valence-electron chi connectivity index (χ4n) is 5.54. The predicted octanol–water partition coefficient (Wildman–Crippen LogP) is 5.75. The number of para-hydroxylation sites is 1. The van der Waals surface area contributed by atoms with Gasteiger partial charge in [-0.3, -0.25) is 9.59 Å². The van der Waals surface area contributed by atoms with Crippen LogP contribution in [0.15, 0.2) is 72.8 Å². The number of imide groups is 1. The standard InChI is InChI=1S/C24H14Br2ClNO2/c25-23-13-7-1-2-8-14(13)24(26,16-10-4-3-9-15(16)23)20-19(23)21(29)28(22(20)30)18-12-6-5-11-17(18)27/h1-12,19-20H/t19-,20-,23?,24?/m1/s1. The summed E-state index contributed by atoms with van der Waals surface area (Å²) in [4.78, 5) is 29.0. The molecule has 0 unspecified atom stereocenters. The molecule has 1 heterocycles. The van der Waals surface area contributed by atoms with Crippen molar-refractivity contribution in [2.45, 2.75) is 8.65 Å². The highest BCUT2D eigenvalue weighted by Gasteiger charge is 2.72. The van der Waals surface area contributed by atoms with Crippen LogP contribution in [0.4, 0.5) is 5.69 Å². The topological polar surface area (TPSA) is 37.4 Å². The zero-order valence-corrected chi connectivity index (χ0v) is 19.4. The summed E-state index contributed by atoms with van der Waals surface area (Å²) in [5.74, 6) is -1.65. The van der Waals surface area contributed by atoms with Gasteiger partial charge < -0.3 is 0 Å². The van der Waals surface area contributed by atoms with Gasteiger partial charge >= 0.3 is 0 Å². The Morgan fingerprint density at radius 3 is 1.43 bits per heavy atom. The maximum absolute atomic E-state index is 13.9. The highest BCUT2D eigenvalue weighted by molar-refractivity contribution is 9.10. The van der Waals surface area contributed by atoms with Gasteiger partial charge in [-0.1, -0.05) is 104 Å². The second-order valence-electron chi connectivity index (χ2n) is 7.93. The van der Waals surface area contributed by atoms with Crippen LogP contribution in [0.1, 0.15) is 22.3 Å². The van der Waals surface area contributed by atoms with E-state index in [0.717, 1.165) is 22.3 Å². The minimum absolute atomic E-state index is 0.234. The molecule has 7 rings (SSSR count). The van der Waals surface area contributed by atoms with Gasteiger partial charge in [-0.2, -0.15) is 0 Å². The molecule has 0 spiro atoms. The quantitative estimate of drug-likeness (QED) is 0.290. The molecule has 0 saturated carbocycles. The summed E-state index contributed by atoms with van der Waals surface area (Å²) in [5, 5.41) is 0.382. The molecule has 1 fully saturated rings. The molecule has 2 amide bonds. The van der Waals surface area contributed by atoms with E-state index in [9.17, 15) is 9.59 Å². The van der Waals surface area contributed by atoms with Crippen molar-refractivity contribution < 1.29 is 9.59 Å². The second kappa shape index (κ2) is 6.06. The van der Waals surface area contributed by atoms with Gasteiger partial charge in [0.25, 0.3) is 0 Å². The number of amides is 2. The van der Waals surface area contributed by atoms with Crippen LogP contribution in [0, 0.1) is 11.8 Å². The smallest absolute Gasteiger partial charge is 0.239 e. The van der Waals surface area contributed by atoms with Crippen molar-refractivity contribution in [1.82, 2.24) is 0 Å². The number of halogens is 3. The predicted molar refractivity (Wildman–Crippen MR) is 123 cm³/mol. The third-order valence-corrected chi connectivity index (χ3v) is 9.69. The SMILES string of the molecule is O=C1[C@H]2[C@H](C(=O)N1c1ccccc1Cl)C1(Br)c3ccccc3C2(Br)c2ccccc21. The molecule has 4 aliphatic rings. The Balaban J connectivity index is 1.68. The summed E-state index contributed by atoms with van der Waals surface area (Å²) < 4.78 is -1.58. The first kappa shape index (κ1) is 18.8. The van der Waals surface area contributed by atoms with Crippen molar-refractivity contribution in [3.63, 3.8) is 0 Å². The minimum Gasteiger partial charge on any atom is -0.274 e. The Hall–Kier alpha value is -1.95. The van der Waals surface area contributed by atoms with Gasteiger partial charge in [0, 0.05) is 0 Å². The zero-order valence-electron chi connectivity index (χ0n) is 15.5. The molecule has 3 aromatic rings. The first-order chi connectivity index (χ1) is 14.4. The van der Waals surface area contributed by atoms with E-state index < -0.39 is 20.5 Å². The van der Waals surface area contributed by atoms with E-state index in [1.807, 2.05) is 48.5 Å². The summed E-state index contributed by atoms with van der Waals surface area (Å²) in [6.45, 7) is 0. The molecule has 0 aromatic heterocycles. The lowest BCUT2D eigenvalue weighted by atomic mass is 9.54. The Kier molecular flexibility index (Phi) is 3.79. The first-order valence-electron chi connectivity index (χ1n) is 9.62. The monoisotopic (exact) mass is 541 g/mol. The largest absolute Gasteiger partial charge is 0.274 e. The van der Waals surface area contributed by atoms with Gasteiger partial charge in [-0.25, -0.2) is 4.90 Å². The van der Waals surface area contributed by atoms with Crippen molar-refractivity contribution in [1.29, 1.82) is 0 Å². The molecule has 3 aromatic carbocycles. The van der Waals surface area contributed by atoms with E-state index in [1.165, 1.54) is 4.90 Å². The van der Waals surface area contributed by atoms with Gasteiger partial charge in [-0.15, -0.1) is 0 Å². The summed E-state index contributed by atoms with van der Waals surface area (Å²) in [5.41, 5.74) is 4.50. The van der Waals surface area contributed by atoms with E-state index in [1.54, 1.807) is 24.3 Å². The maximum Gasteiger partial charge on any atom is 0.239 e.